The second-order valence-electron chi connectivity index (χ2n) is 5.30. The third kappa shape index (κ3) is 3.96. The van der Waals surface area contributed by atoms with E-state index in [1.807, 2.05) is 0 Å². The van der Waals surface area contributed by atoms with Gasteiger partial charge in [-0.25, -0.2) is 0 Å². The first-order valence-electron chi connectivity index (χ1n) is 7.44. The van der Waals surface area contributed by atoms with Gasteiger partial charge in [-0.05, 0) is 30.4 Å². The predicted octanol–water partition coefficient (Wildman–Crippen LogP) is 3.24. The van der Waals surface area contributed by atoms with Crippen molar-refractivity contribution in [2.24, 2.45) is 5.10 Å². The van der Waals surface area contributed by atoms with Crippen LogP contribution in [0.4, 0.5) is 5.69 Å². The van der Waals surface area contributed by atoms with Crippen molar-refractivity contribution in [2.45, 2.75) is 0 Å². The van der Waals surface area contributed by atoms with Crippen molar-refractivity contribution >= 4 is 52.2 Å². The third-order valence-electron chi connectivity index (χ3n) is 3.53. The molecule has 1 heterocycles. The van der Waals surface area contributed by atoms with Crippen LogP contribution < -0.4 is 0 Å². The molecule has 0 bridgehead atoms. The number of hydrazone groups is 1. The lowest BCUT2D eigenvalue weighted by Crippen LogP contribution is -2.22. The van der Waals surface area contributed by atoms with Crippen LogP contribution in [0, 0.1) is 10.1 Å². The first-order valence-corrected chi connectivity index (χ1v) is 8.66. The second-order valence-corrected chi connectivity index (χ2v) is 6.97. The van der Waals surface area contributed by atoms with Crippen LogP contribution in [0.15, 0.2) is 52.5 Å². The number of carbonyl (C=O) groups is 1. The smallest absolute Gasteiger partial charge is 0.286 e. The maximum atomic E-state index is 12.5. The van der Waals surface area contributed by atoms with Crippen molar-refractivity contribution in [1.82, 2.24) is 5.01 Å². The van der Waals surface area contributed by atoms with E-state index >= 15 is 0 Å². The molecule has 1 amide bonds. The zero-order chi connectivity index (χ0) is 19.6. The monoisotopic (exact) mass is 401 g/mol. The topological polar surface area (TPSA) is 116 Å². The standard InChI is InChI=1S/C17H11N3O5S2/c21-13-4-2-1-3-10(13)8-15-16(23)19(17(26)27-15)18-9-11-7-12(20(24)25)5-6-14(11)22/h1-9,21-22H/b15-8+,18-9+. The van der Waals surface area contributed by atoms with E-state index in [1.54, 1.807) is 18.2 Å². The normalized spacial score (nSPS) is 15.9. The summed E-state index contributed by atoms with van der Waals surface area (Å²) in [6.45, 7) is 0. The Morgan fingerprint density at radius 3 is 2.56 bits per heavy atom. The van der Waals surface area contributed by atoms with Gasteiger partial charge in [-0.2, -0.15) is 10.1 Å². The number of non-ortho nitro benzene ring substituents is 1. The highest BCUT2D eigenvalue weighted by atomic mass is 32.2. The quantitative estimate of drug-likeness (QED) is 0.266. The van der Waals surface area contributed by atoms with Gasteiger partial charge in [0, 0.05) is 23.3 Å². The zero-order valence-electron chi connectivity index (χ0n) is 13.5. The Labute approximate surface area is 162 Å². The Morgan fingerprint density at radius 2 is 1.85 bits per heavy atom. The molecule has 8 nitrogen and oxygen atoms in total. The van der Waals surface area contributed by atoms with Crippen molar-refractivity contribution in [3.63, 3.8) is 0 Å². The van der Waals surface area contributed by atoms with Gasteiger partial charge in [-0.3, -0.25) is 14.9 Å². The van der Waals surface area contributed by atoms with Gasteiger partial charge in [0.15, 0.2) is 4.32 Å². The van der Waals surface area contributed by atoms with Crippen molar-refractivity contribution in [2.75, 3.05) is 0 Å². The van der Waals surface area contributed by atoms with Gasteiger partial charge in [0.05, 0.1) is 16.0 Å². The lowest BCUT2D eigenvalue weighted by Gasteiger charge is -2.06. The molecule has 0 spiro atoms. The van der Waals surface area contributed by atoms with Crippen molar-refractivity contribution < 1.29 is 19.9 Å². The van der Waals surface area contributed by atoms with Crippen LogP contribution >= 0.6 is 24.0 Å². The molecule has 10 heteroatoms. The Bertz CT molecular complexity index is 1020. The van der Waals surface area contributed by atoms with Crippen LogP contribution in [0.25, 0.3) is 6.08 Å². The van der Waals surface area contributed by atoms with Gasteiger partial charge in [0.2, 0.25) is 0 Å². The number of amides is 1. The number of nitro groups is 1. The summed E-state index contributed by atoms with van der Waals surface area (Å²) < 4.78 is 0.155. The summed E-state index contributed by atoms with van der Waals surface area (Å²) in [5.41, 5.74) is 0.306. The number of para-hydroxylation sites is 1. The van der Waals surface area contributed by atoms with E-state index in [2.05, 4.69) is 5.10 Å². The molecule has 0 atom stereocenters. The van der Waals surface area contributed by atoms with Crippen LogP contribution in [-0.2, 0) is 4.79 Å². The van der Waals surface area contributed by atoms with Gasteiger partial charge in [0.1, 0.15) is 11.5 Å². The highest BCUT2D eigenvalue weighted by Crippen LogP contribution is 2.34. The molecule has 0 saturated carbocycles. The number of nitrogens with zero attached hydrogens (tertiary/aromatic N) is 3. The number of aromatic hydroxyl groups is 2. The third-order valence-corrected chi connectivity index (χ3v) is 4.81. The van der Waals surface area contributed by atoms with Gasteiger partial charge in [-0.1, -0.05) is 30.0 Å². The molecule has 1 saturated heterocycles. The highest BCUT2D eigenvalue weighted by Gasteiger charge is 2.32. The molecule has 0 radical (unpaired) electrons. The number of thioether (sulfide) groups is 1. The minimum atomic E-state index is -0.606. The largest absolute Gasteiger partial charge is 0.507 e. The van der Waals surface area contributed by atoms with Crippen LogP contribution in [0.3, 0.4) is 0 Å². The molecule has 1 aliphatic heterocycles. The van der Waals surface area contributed by atoms with Crippen molar-refractivity contribution in [3.05, 3.63) is 68.6 Å². The lowest BCUT2D eigenvalue weighted by atomic mass is 10.2. The number of benzene rings is 2. The fourth-order valence-electron chi connectivity index (χ4n) is 2.19. The predicted molar refractivity (Wildman–Crippen MR) is 105 cm³/mol. The van der Waals surface area contributed by atoms with Gasteiger partial charge in [0.25, 0.3) is 11.6 Å². The van der Waals surface area contributed by atoms with Crippen LogP contribution in [0.5, 0.6) is 11.5 Å². The fourth-order valence-corrected chi connectivity index (χ4v) is 3.35. The molecule has 136 valence electrons. The van der Waals surface area contributed by atoms with Gasteiger partial charge in [-0.15, -0.1) is 0 Å². The summed E-state index contributed by atoms with van der Waals surface area (Å²) in [5.74, 6) is -0.707. The summed E-state index contributed by atoms with van der Waals surface area (Å²) >= 11 is 6.15. The molecular formula is C17H11N3O5S2. The number of rotatable bonds is 4. The molecule has 1 aliphatic rings. The average molecular weight is 401 g/mol. The van der Waals surface area contributed by atoms with Gasteiger partial charge >= 0.3 is 0 Å². The Kier molecular flexibility index (Phi) is 5.19. The minimum absolute atomic E-state index is 0.0211. The van der Waals surface area contributed by atoms with E-state index in [4.69, 9.17) is 12.2 Å². The number of phenolic OH excluding ortho intramolecular Hbond substituents is 2. The van der Waals surface area contributed by atoms with Crippen molar-refractivity contribution in [1.29, 1.82) is 0 Å². The Hall–Kier alpha value is -3.24. The summed E-state index contributed by atoms with van der Waals surface area (Å²) in [6.07, 6.45) is 2.62. The summed E-state index contributed by atoms with van der Waals surface area (Å²) in [6, 6.07) is 9.98. The first kappa shape index (κ1) is 18.5. The molecule has 1 fully saturated rings. The molecule has 0 aromatic heterocycles. The molecule has 2 N–H and O–H groups in total. The van der Waals surface area contributed by atoms with E-state index in [1.165, 1.54) is 18.2 Å². The molecule has 3 rings (SSSR count). The average Bonchev–Trinajstić information content (AvgIpc) is 2.89. The summed E-state index contributed by atoms with van der Waals surface area (Å²) in [7, 11) is 0. The number of hydrogen-bond acceptors (Lipinski definition) is 8. The molecule has 0 aliphatic carbocycles. The molecule has 2 aromatic carbocycles. The number of hydrogen-bond donors (Lipinski definition) is 2. The fraction of sp³-hybridized carbons (Fsp3) is 0. The number of nitro benzene ring substituents is 1. The Morgan fingerprint density at radius 1 is 1.15 bits per heavy atom. The van der Waals surface area contributed by atoms with Crippen LogP contribution in [-0.4, -0.2) is 36.6 Å². The summed E-state index contributed by atoms with van der Waals surface area (Å²) in [4.78, 5) is 23.0. The van der Waals surface area contributed by atoms with E-state index in [0.29, 0.717) is 5.56 Å². The molecular weight excluding hydrogens is 390 g/mol. The Balaban J connectivity index is 1.86. The number of phenols is 2. The van der Waals surface area contributed by atoms with Gasteiger partial charge < -0.3 is 10.2 Å². The number of carbonyl (C=O) groups excluding carboxylic acids is 1. The maximum Gasteiger partial charge on any atom is 0.286 e. The van der Waals surface area contributed by atoms with E-state index in [-0.39, 0.29) is 32.0 Å². The van der Waals surface area contributed by atoms with Crippen LogP contribution in [0.2, 0.25) is 0 Å². The highest BCUT2D eigenvalue weighted by molar-refractivity contribution is 8.26. The SMILES string of the molecule is O=C1/C(=C\c2ccccc2O)SC(=S)N1/N=C/c1cc([N+](=O)[O-])ccc1O. The molecule has 27 heavy (non-hydrogen) atoms. The summed E-state index contributed by atoms with van der Waals surface area (Å²) in [5, 5.41) is 35.3. The lowest BCUT2D eigenvalue weighted by molar-refractivity contribution is -0.384. The number of thiocarbonyl (C=S) groups is 1. The maximum absolute atomic E-state index is 12.5. The second kappa shape index (κ2) is 7.56. The van der Waals surface area contributed by atoms with E-state index in [0.717, 1.165) is 35.1 Å². The first-order chi connectivity index (χ1) is 12.9. The van der Waals surface area contributed by atoms with Crippen molar-refractivity contribution in [3.8, 4) is 11.5 Å². The van der Waals surface area contributed by atoms with E-state index in [9.17, 15) is 25.1 Å². The van der Waals surface area contributed by atoms with Crippen LogP contribution in [0.1, 0.15) is 11.1 Å². The minimum Gasteiger partial charge on any atom is -0.507 e. The molecule has 0 unspecified atom stereocenters. The van der Waals surface area contributed by atoms with E-state index < -0.39 is 10.8 Å². The molecule has 2 aromatic rings. The zero-order valence-corrected chi connectivity index (χ0v) is 15.1.